The van der Waals surface area contributed by atoms with Gasteiger partial charge in [0.05, 0.1) is 10.7 Å². The molecule has 0 aliphatic heterocycles. The SMILES string of the molecule is Cc1nc(CCCC(=O)N(CC(=O)O)Cc2ccc(F)cc2)cs1. The van der Waals surface area contributed by atoms with E-state index in [0.717, 1.165) is 10.7 Å². The van der Waals surface area contributed by atoms with Gasteiger partial charge >= 0.3 is 5.97 Å². The van der Waals surface area contributed by atoms with Crippen LogP contribution in [0.2, 0.25) is 0 Å². The topological polar surface area (TPSA) is 70.5 Å². The van der Waals surface area contributed by atoms with Gasteiger partial charge in [-0.3, -0.25) is 9.59 Å². The van der Waals surface area contributed by atoms with Crippen LogP contribution in [0.3, 0.4) is 0 Å². The van der Waals surface area contributed by atoms with Crippen LogP contribution in [0.25, 0.3) is 0 Å². The number of halogens is 1. The summed E-state index contributed by atoms with van der Waals surface area (Å²) in [5, 5.41) is 12.0. The summed E-state index contributed by atoms with van der Waals surface area (Å²) < 4.78 is 12.9. The molecule has 0 spiro atoms. The fourth-order valence-corrected chi connectivity index (χ4v) is 2.95. The Labute approximate surface area is 143 Å². The molecule has 0 atom stereocenters. The van der Waals surface area contributed by atoms with Crippen LogP contribution in [0.1, 0.15) is 29.1 Å². The van der Waals surface area contributed by atoms with Crippen molar-refractivity contribution in [2.24, 2.45) is 0 Å². The smallest absolute Gasteiger partial charge is 0.323 e. The van der Waals surface area contributed by atoms with Crippen molar-refractivity contribution in [2.45, 2.75) is 32.7 Å². The Bertz CT molecular complexity index is 700. The van der Waals surface area contributed by atoms with Gasteiger partial charge in [-0.1, -0.05) is 12.1 Å². The molecular weight excluding hydrogens is 331 g/mol. The Kier molecular flexibility index (Phi) is 6.43. The van der Waals surface area contributed by atoms with Gasteiger partial charge in [-0.05, 0) is 37.5 Å². The van der Waals surface area contributed by atoms with Gasteiger partial charge < -0.3 is 10.0 Å². The predicted octanol–water partition coefficient (Wildman–Crippen LogP) is 3.03. The molecule has 1 N–H and O–H groups in total. The van der Waals surface area contributed by atoms with Crippen molar-refractivity contribution in [2.75, 3.05) is 6.54 Å². The van der Waals surface area contributed by atoms with E-state index in [0.29, 0.717) is 18.4 Å². The number of amides is 1. The lowest BCUT2D eigenvalue weighted by molar-refractivity contribution is -0.144. The molecular formula is C17H19FN2O3S. The molecule has 1 aromatic carbocycles. The highest BCUT2D eigenvalue weighted by atomic mass is 32.1. The Balaban J connectivity index is 1.91. The summed E-state index contributed by atoms with van der Waals surface area (Å²) in [5.74, 6) is -1.66. The van der Waals surface area contributed by atoms with Crippen LogP contribution in [0, 0.1) is 12.7 Å². The zero-order chi connectivity index (χ0) is 17.5. The molecule has 0 radical (unpaired) electrons. The zero-order valence-electron chi connectivity index (χ0n) is 13.4. The first-order valence-electron chi connectivity index (χ1n) is 7.59. The third-order valence-corrected chi connectivity index (χ3v) is 4.28. The fourth-order valence-electron chi connectivity index (χ4n) is 2.31. The number of hydrogen-bond donors (Lipinski definition) is 1. The Hall–Kier alpha value is -2.28. The van der Waals surface area contributed by atoms with E-state index in [4.69, 9.17) is 5.11 Å². The number of benzene rings is 1. The van der Waals surface area contributed by atoms with Crippen molar-refractivity contribution in [1.29, 1.82) is 0 Å². The number of aryl methyl sites for hydroxylation is 2. The quantitative estimate of drug-likeness (QED) is 0.794. The maximum absolute atomic E-state index is 12.9. The molecule has 0 aliphatic carbocycles. The first-order valence-corrected chi connectivity index (χ1v) is 8.47. The number of rotatable bonds is 8. The highest BCUT2D eigenvalue weighted by Gasteiger charge is 2.17. The third-order valence-electron chi connectivity index (χ3n) is 3.46. The van der Waals surface area contributed by atoms with Gasteiger partial charge in [0.15, 0.2) is 0 Å². The molecule has 1 amide bonds. The van der Waals surface area contributed by atoms with Gasteiger partial charge in [-0.15, -0.1) is 11.3 Å². The monoisotopic (exact) mass is 350 g/mol. The van der Waals surface area contributed by atoms with E-state index >= 15 is 0 Å². The molecule has 0 fully saturated rings. The molecule has 5 nitrogen and oxygen atoms in total. The Morgan fingerprint density at radius 3 is 2.58 bits per heavy atom. The molecule has 0 unspecified atom stereocenters. The number of carboxylic acids is 1. The maximum atomic E-state index is 12.9. The van der Waals surface area contributed by atoms with Crippen molar-refractivity contribution < 1.29 is 19.1 Å². The van der Waals surface area contributed by atoms with E-state index in [1.165, 1.54) is 17.0 Å². The summed E-state index contributed by atoms with van der Waals surface area (Å²) >= 11 is 1.57. The molecule has 0 aliphatic rings. The second-order valence-electron chi connectivity index (χ2n) is 5.48. The van der Waals surface area contributed by atoms with Crippen LogP contribution >= 0.6 is 11.3 Å². The number of carbonyl (C=O) groups is 2. The van der Waals surface area contributed by atoms with E-state index in [9.17, 15) is 14.0 Å². The normalized spacial score (nSPS) is 10.6. The number of aliphatic carboxylic acids is 1. The number of nitrogens with zero attached hydrogens (tertiary/aromatic N) is 2. The average Bonchev–Trinajstić information content (AvgIpc) is 2.93. The third kappa shape index (κ3) is 5.73. The lowest BCUT2D eigenvalue weighted by Crippen LogP contribution is -2.35. The molecule has 1 heterocycles. The Morgan fingerprint density at radius 2 is 2.00 bits per heavy atom. The van der Waals surface area contributed by atoms with Crippen LogP contribution in [0.4, 0.5) is 4.39 Å². The predicted molar refractivity (Wildman–Crippen MR) is 89.2 cm³/mol. The molecule has 0 saturated heterocycles. The van der Waals surface area contributed by atoms with Gasteiger partial charge in [-0.25, -0.2) is 9.37 Å². The van der Waals surface area contributed by atoms with Crippen LogP contribution in [-0.4, -0.2) is 33.4 Å². The minimum atomic E-state index is -1.07. The number of carbonyl (C=O) groups excluding carboxylic acids is 1. The largest absolute Gasteiger partial charge is 0.480 e. The molecule has 2 aromatic rings. The van der Waals surface area contributed by atoms with E-state index in [1.807, 2.05) is 12.3 Å². The van der Waals surface area contributed by atoms with Crippen molar-refractivity contribution in [3.05, 3.63) is 51.7 Å². The van der Waals surface area contributed by atoms with Gasteiger partial charge in [0, 0.05) is 18.3 Å². The van der Waals surface area contributed by atoms with Crippen molar-refractivity contribution >= 4 is 23.2 Å². The van der Waals surface area contributed by atoms with Crippen LogP contribution in [0.15, 0.2) is 29.6 Å². The molecule has 128 valence electrons. The lowest BCUT2D eigenvalue weighted by atomic mass is 10.1. The molecule has 2 rings (SSSR count). The second kappa shape index (κ2) is 8.54. The lowest BCUT2D eigenvalue weighted by Gasteiger charge is -2.21. The molecule has 24 heavy (non-hydrogen) atoms. The number of carboxylic acid groups (broad SMARTS) is 1. The highest BCUT2D eigenvalue weighted by Crippen LogP contribution is 2.13. The number of thiazole rings is 1. The highest BCUT2D eigenvalue weighted by molar-refractivity contribution is 7.09. The molecule has 0 bridgehead atoms. The van der Waals surface area contributed by atoms with E-state index < -0.39 is 5.97 Å². The molecule has 1 aromatic heterocycles. The second-order valence-corrected chi connectivity index (χ2v) is 6.54. The van der Waals surface area contributed by atoms with E-state index in [-0.39, 0.29) is 31.2 Å². The van der Waals surface area contributed by atoms with Gasteiger partial charge in [0.1, 0.15) is 12.4 Å². The minimum absolute atomic E-state index is 0.154. The average molecular weight is 350 g/mol. The number of aromatic nitrogens is 1. The van der Waals surface area contributed by atoms with Crippen molar-refractivity contribution in [3.8, 4) is 0 Å². The van der Waals surface area contributed by atoms with E-state index in [1.54, 1.807) is 23.5 Å². The first kappa shape index (κ1) is 18.1. The maximum Gasteiger partial charge on any atom is 0.323 e. The summed E-state index contributed by atoms with van der Waals surface area (Å²) in [6.45, 7) is 1.71. The minimum Gasteiger partial charge on any atom is -0.480 e. The van der Waals surface area contributed by atoms with Crippen LogP contribution < -0.4 is 0 Å². The van der Waals surface area contributed by atoms with Crippen molar-refractivity contribution in [1.82, 2.24) is 9.88 Å². The Morgan fingerprint density at radius 1 is 1.29 bits per heavy atom. The number of hydrogen-bond acceptors (Lipinski definition) is 4. The molecule has 0 saturated carbocycles. The van der Waals surface area contributed by atoms with Gasteiger partial charge in [0.25, 0.3) is 0 Å². The first-order chi connectivity index (χ1) is 11.4. The van der Waals surface area contributed by atoms with Crippen LogP contribution in [0.5, 0.6) is 0 Å². The fraction of sp³-hybridized carbons (Fsp3) is 0.353. The molecule has 7 heteroatoms. The summed E-state index contributed by atoms with van der Waals surface area (Å²) in [4.78, 5) is 28.9. The van der Waals surface area contributed by atoms with Crippen molar-refractivity contribution in [3.63, 3.8) is 0 Å². The summed E-state index contributed by atoms with van der Waals surface area (Å²) in [6.07, 6.45) is 1.56. The van der Waals surface area contributed by atoms with Gasteiger partial charge in [-0.2, -0.15) is 0 Å². The van der Waals surface area contributed by atoms with E-state index in [2.05, 4.69) is 4.98 Å². The summed E-state index contributed by atoms with van der Waals surface area (Å²) in [7, 11) is 0. The van der Waals surface area contributed by atoms with Crippen LogP contribution in [-0.2, 0) is 22.6 Å². The summed E-state index contributed by atoms with van der Waals surface area (Å²) in [5.41, 5.74) is 1.65. The zero-order valence-corrected chi connectivity index (χ0v) is 14.2. The standard InChI is InChI=1S/C17H19FN2O3S/c1-12-19-15(11-24-12)3-2-4-16(21)20(10-17(22)23)9-13-5-7-14(18)8-6-13/h5-8,11H,2-4,9-10H2,1H3,(H,22,23). The summed E-state index contributed by atoms with van der Waals surface area (Å²) in [6, 6.07) is 5.69. The van der Waals surface area contributed by atoms with Gasteiger partial charge in [0.2, 0.25) is 5.91 Å².